The van der Waals surface area contributed by atoms with Crippen LogP contribution in [0.5, 0.6) is 5.75 Å². The Labute approximate surface area is 218 Å². The van der Waals surface area contributed by atoms with E-state index >= 15 is 0 Å². The fourth-order valence-corrected chi connectivity index (χ4v) is 5.39. The number of piperidine rings is 1. The van der Waals surface area contributed by atoms with Crippen LogP contribution in [0.3, 0.4) is 0 Å². The SMILES string of the molecule is COc1ccc2[nH]cc(CCC(=O)N3CCC4(CCCCOCCCNC(=O)[C@H](C)NC4=O)CC3)c2c1. The summed E-state index contributed by atoms with van der Waals surface area (Å²) in [6, 6.07) is 5.30. The van der Waals surface area contributed by atoms with Gasteiger partial charge in [-0.05, 0) is 69.2 Å². The second kappa shape index (κ2) is 12.4. The topological polar surface area (TPSA) is 113 Å². The molecule has 3 heterocycles. The lowest BCUT2D eigenvalue weighted by molar-refractivity contribution is -0.142. The number of fused-ring (bicyclic) bond motifs is 1. The summed E-state index contributed by atoms with van der Waals surface area (Å²) in [7, 11) is 1.65. The van der Waals surface area contributed by atoms with E-state index in [0.717, 1.165) is 47.9 Å². The number of benzene rings is 1. The molecule has 2 aliphatic heterocycles. The lowest BCUT2D eigenvalue weighted by atomic mass is 9.73. The van der Waals surface area contributed by atoms with Crippen LogP contribution in [0.25, 0.3) is 10.9 Å². The van der Waals surface area contributed by atoms with Crippen molar-refractivity contribution in [3.05, 3.63) is 30.0 Å². The Bertz CT molecular complexity index is 1090. The number of hydrogen-bond acceptors (Lipinski definition) is 5. The summed E-state index contributed by atoms with van der Waals surface area (Å²) in [5.41, 5.74) is 1.55. The van der Waals surface area contributed by atoms with Crippen molar-refractivity contribution in [1.29, 1.82) is 0 Å². The Morgan fingerprint density at radius 3 is 2.70 bits per heavy atom. The summed E-state index contributed by atoms with van der Waals surface area (Å²) in [4.78, 5) is 44.1. The third-order valence-corrected chi connectivity index (χ3v) is 7.84. The van der Waals surface area contributed by atoms with Crippen LogP contribution in [0.2, 0.25) is 0 Å². The van der Waals surface area contributed by atoms with Gasteiger partial charge < -0.3 is 30.0 Å². The van der Waals surface area contributed by atoms with Crippen molar-refractivity contribution in [3.8, 4) is 5.75 Å². The lowest BCUT2D eigenvalue weighted by Gasteiger charge is -2.41. The third-order valence-electron chi connectivity index (χ3n) is 7.84. The lowest BCUT2D eigenvalue weighted by Crippen LogP contribution is -2.54. The minimum Gasteiger partial charge on any atom is -0.497 e. The van der Waals surface area contributed by atoms with Crippen molar-refractivity contribution in [2.24, 2.45) is 5.41 Å². The molecular weight excluding hydrogens is 472 g/mol. The van der Waals surface area contributed by atoms with Gasteiger partial charge in [0.2, 0.25) is 17.7 Å². The number of rotatable bonds is 4. The first-order chi connectivity index (χ1) is 17.9. The fraction of sp³-hybridized carbons (Fsp3) is 0.607. The van der Waals surface area contributed by atoms with E-state index < -0.39 is 11.5 Å². The molecule has 1 spiro atoms. The van der Waals surface area contributed by atoms with Crippen LogP contribution in [0.1, 0.15) is 57.4 Å². The molecule has 0 aliphatic carbocycles. The first-order valence-corrected chi connectivity index (χ1v) is 13.5. The molecule has 3 amide bonds. The van der Waals surface area contributed by atoms with E-state index in [1.54, 1.807) is 14.0 Å². The summed E-state index contributed by atoms with van der Waals surface area (Å²) in [6.07, 6.45) is 7.49. The van der Waals surface area contributed by atoms with Gasteiger partial charge in [0.25, 0.3) is 0 Å². The Balaban J connectivity index is 1.36. The number of carbonyl (C=O) groups is 3. The van der Waals surface area contributed by atoms with Gasteiger partial charge in [-0.2, -0.15) is 0 Å². The van der Waals surface area contributed by atoms with Gasteiger partial charge >= 0.3 is 0 Å². The van der Waals surface area contributed by atoms with Crippen molar-refractivity contribution in [2.45, 2.75) is 64.3 Å². The molecule has 9 heteroatoms. The average Bonchev–Trinajstić information content (AvgIpc) is 3.32. The molecule has 3 N–H and O–H groups in total. The molecule has 37 heavy (non-hydrogen) atoms. The standard InChI is InChI=1S/C28H40N4O5/c1-20-26(34)29-13-5-17-37-16-4-3-10-28(27(35)31-20)11-14-32(15-12-28)25(33)9-6-21-19-30-24-8-7-22(36-2)18-23(21)24/h7-8,18-20,30H,3-6,9-17H2,1-2H3,(H,29,34)(H,31,35)/t20-/m0/s1. The minimum atomic E-state index is -0.595. The highest BCUT2D eigenvalue weighted by atomic mass is 16.5. The molecule has 0 unspecified atom stereocenters. The maximum absolute atomic E-state index is 13.4. The highest BCUT2D eigenvalue weighted by molar-refractivity contribution is 5.90. The highest BCUT2D eigenvalue weighted by Crippen LogP contribution is 2.37. The van der Waals surface area contributed by atoms with Crippen LogP contribution in [0.4, 0.5) is 0 Å². The number of methoxy groups -OCH3 is 1. The van der Waals surface area contributed by atoms with Gasteiger partial charge in [-0.3, -0.25) is 14.4 Å². The first kappa shape index (κ1) is 27.0. The van der Waals surface area contributed by atoms with Crippen LogP contribution >= 0.6 is 0 Å². The minimum absolute atomic E-state index is 0.0760. The highest BCUT2D eigenvalue weighted by Gasteiger charge is 2.42. The third kappa shape index (κ3) is 6.63. The zero-order valence-corrected chi connectivity index (χ0v) is 22.1. The molecular formula is C28H40N4O5. The molecule has 0 saturated carbocycles. The van der Waals surface area contributed by atoms with Crippen LogP contribution in [0, 0.1) is 5.41 Å². The number of aromatic amines is 1. The molecule has 0 radical (unpaired) electrons. The number of hydrogen-bond donors (Lipinski definition) is 3. The number of nitrogens with one attached hydrogen (secondary N) is 3. The number of nitrogens with zero attached hydrogens (tertiary/aromatic N) is 1. The Morgan fingerprint density at radius 2 is 1.92 bits per heavy atom. The van der Waals surface area contributed by atoms with Crippen molar-refractivity contribution in [2.75, 3.05) is 40.0 Å². The molecule has 2 saturated heterocycles. The van der Waals surface area contributed by atoms with Gasteiger partial charge in [0.15, 0.2) is 0 Å². The number of aryl methyl sites for hydroxylation is 1. The number of carbonyl (C=O) groups excluding carboxylic acids is 3. The van der Waals surface area contributed by atoms with E-state index in [4.69, 9.17) is 9.47 Å². The zero-order chi connectivity index (χ0) is 26.3. The van der Waals surface area contributed by atoms with E-state index in [1.165, 1.54) is 0 Å². The van der Waals surface area contributed by atoms with Gasteiger partial charge in [0.05, 0.1) is 12.5 Å². The molecule has 1 aromatic carbocycles. The van der Waals surface area contributed by atoms with E-state index in [1.807, 2.05) is 29.3 Å². The Hall–Kier alpha value is -3.07. The van der Waals surface area contributed by atoms with Crippen molar-refractivity contribution in [1.82, 2.24) is 20.5 Å². The van der Waals surface area contributed by atoms with Crippen molar-refractivity contribution >= 4 is 28.6 Å². The molecule has 4 rings (SSSR count). The summed E-state index contributed by atoms with van der Waals surface area (Å²) in [5, 5.41) is 6.90. The smallest absolute Gasteiger partial charge is 0.242 e. The largest absolute Gasteiger partial charge is 0.497 e. The summed E-state index contributed by atoms with van der Waals surface area (Å²) >= 11 is 0. The molecule has 1 atom stereocenters. The van der Waals surface area contributed by atoms with Gasteiger partial charge in [0, 0.05) is 56.4 Å². The first-order valence-electron chi connectivity index (χ1n) is 13.5. The van der Waals surface area contributed by atoms with E-state index in [0.29, 0.717) is 58.5 Å². The molecule has 2 fully saturated rings. The molecule has 0 bridgehead atoms. The second-order valence-corrected chi connectivity index (χ2v) is 10.3. The van der Waals surface area contributed by atoms with Gasteiger partial charge in [-0.1, -0.05) is 6.42 Å². The fourth-order valence-electron chi connectivity index (χ4n) is 5.39. The summed E-state index contributed by atoms with van der Waals surface area (Å²) in [6.45, 7) is 4.63. The quantitative estimate of drug-likeness (QED) is 0.583. The van der Waals surface area contributed by atoms with E-state index in [2.05, 4.69) is 15.6 Å². The van der Waals surface area contributed by atoms with Crippen molar-refractivity contribution < 1.29 is 23.9 Å². The number of amides is 3. The molecule has 2 aromatic rings. The van der Waals surface area contributed by atoms with E-state index in [-0.39, 0.29) is 17.7 Å². The van der Waals surface area contributed by atoms with Gasteiger partial charge in [-0.15, -0.1) is 0 Å². The molecule has 1 aromatic heterocycles. The molecule has 202 valence electrons. The Morgan fingerprint density at radius 1 is 1.14 bits per heavy atom. The Kier molecular flexibility index (Phi) is 9.08. The second-order valence-electron chi connectivity index (χ2n) is 10.3. The van der Waals surface area contributed by atoms with Gasteiger partial charge in [-0.25, -0.2) is 0 Å². The number of likely N-dealkylation sites (tertiary alicyclic amines) is 1. The summed E-state index contributed by atoms with van der Waals surface area (Å²) < 4.78 is 11.0. The number of aromatic nitrogens is 1. The molecule has 9 nitrogen and oxygen atoms in total. The van der Waals surface area contributed by atoms with Crippen LogP contribution in [-0.4, -0.2) is 73.6 Å². The van der Waals surface area contributed by atoms with Crippen LogP contribution < -0.4 is 15.4 Å². The van der Waals surface area contributed by atoms with Crippen LogP contribution in [-0.2, 0) is 25.5 Å². The molecule has 2 aliphatic rings. The van der Waals surface area contributed by atoms with Gasteiger partial charge in [0.1, 0.15) is 11.8 Å². The number of H-pyrrole nitrogens is 1. The van der Waals surface area contributed by atoms with E-state index in [9.17, 15) is 14.4 Å². The van der Waals surface area contributed by atoms with Crippen molar-refractivity contribution in [3.63, 3.8) is 0 Å². The monoisotopic (exact) mass is 512 g/mol. The predicted molar refractivity (Wildman–Crippen MR) is 141 cm³/mol. The summed E-state index contributed by atoms with van der Waals surface area (Å²) in [5.74, 6) is 0.645. The van der Waals surface area contributed by atoms with Crippen LogP contribution in [0.15, 0.2) is 24.4 Å². The number of ether oxygens (including phenoxy) is 2. The average molecular weight is 513 g/mol. The zero-order valence-electron chi connectivity index (χ0n) is 22.1. The maximum Gasteiger partial charge on any atom is 0.242 e. The predicted octanol–water partition coefficient (Wildman–Crippen LogP) is 2.93. The maximum atomic E-state index is 13.4. The normalized spacial score (nSPS) is 21.8.